The SMILES string of the molecule is COc1ccc(C(=O)Nc2ccc(N3CCN(C(=O)OC(C)(C)C)CC3)cc2)c(-c2ccc(C(F)(F)F)cc2)c1. The molecule has 4 rings (SSSR count). The number of benzene rings is 3. The number of hydrogen-bond donors (Lipinski definition) is 1. The minimum atomic E-state index is -4.45. The standard InChI is InChI=1S/C30H32F3N3O4/c1-29(2,3)40-28(38)36-17-15-35(16-18-36)23-11-9-22(10-12-23)34-27(37)25-14-13-24(39-4)19-26(25)20-5-7-21(8-6-20)30(31,32)33/h5-14,19H,15-18H2,1-4H3,(H,34,37). The second-order valence-electron chi connectivity index (χ2n) is 10.4. The number of piperazine rings is 1. The third kappa shape index (κ3) is 7.05. The maximum atomic E-state index is 13.2. The minimum absolute atomic E-state index is 0.294. The molecule has 0 unspecified atom stereocenters. The van der Waals surface area contributed by atoms with E-state index in [4.69, 9.17) is 9.47 Å². The summed E-state index contributed by atoms with van der Waals surface area (Å²) in [6, 6.07) is 16.8. The summed E-state index contributed by atoms with van der Waals surface area (Å²) in [6.07, 6.45) is -4.77. The number of ether oxygens (including phenoxy) is 2. The fourth-order valence-corrected chi connectivity index (χ4v) is 4.35. The van der Waals surface area contributed by atoms with Gasteiger partial charge in [-0.05, 0) is 86.5 Å². The molecular weight excluding hydrogens is 523 g/mol. The number of carbonyl (C=O) groups is 2. The van der Waals surface area contributed by atoms with Gasteiger partial charge in [-0.2, -0.15) is 13.2 Å². The van der Waals surface area contributed by atoms with Gasteiger partial charge in [-0.25, -0.2) is 4.79 Å². The number of hydrogen-bond acceptors (Lipinski definition) is 5. The second kappa shape index (κ2) is 11.5. The van der Waals surface area contributed by atoms with Gasteiger partial charge in [-0.1, -0.05) is 12.1 Å². The van der Waals surface area contributed by atoms with Crippen molar-refractivity contribution in [2.45, 2.75) is 32.5 Å². The zero-order chi connectivity index (χ0) is 29.1. The normalized spacial score (nSPS) is 14.1. The molecule has 0 spiro atoms. The molecule has 1 saturated heterocycles. The summed E-state index contributed by atoms with van der Waals surface area (Å²) < 4.78 is 49.8. The molecule has 0 saturated carbocycles. The van der Waals surface area contributed by atoms with Crippen molar-refractivity contribution in [3.05, 3.63) is 77.9 Å². The number of nitrogens with one attached hydrogen (secondary N) is 1. The smallest absolute Gasteiger partial charge is 0.416 e. The maximum Gasteiger partial charge on any atom is 0.416 e. The van der Waals surface area contributed by atoms with Crippen LogP contribution in [0, 0.1) is 0 Å². The van der Waals surface area contributed by atoms with E-state index in [1.54, 1.807) is 35.2 Å². The number of carbonyl (C=O) groups excluding carboxylic acids is 2. The number of methoxy groups -OCH3 is 1. The highest BCUT2D eigenvalue weighted by molar-refractivity contribution is 6.09. The van der Waals surface area contributed by atoms with Crippen molar-refractivity contribution in [2.75, 3.05) is 43.5 Å². The summed E-state index contributed by atoms with van der Waals surface area (Å²) in [5.74, 6) is 0.0684. The zero-order valence-corrected chi connectivity index (χ0v) is 22.8. The maximum absolute atomic E-state index is 13.2. The molecule has 0 aliphatic carbocycles. The summed E-state index contributed by atoms with van der Waals surface area (Å²) in [4.78, 5) is 29.4. The highest BCUT2D eigenvalue weighted by Crippen LogP contribution is 2.33. The number of rotatable bonds is 5. The summed E-state index contributed by atoms with van der Waals surface area (Å²) in [5, 5.41) is 2.87. The molecule has 40 heavy (non-hydrogen) atoms. The molecule has 3 aromatic carbocycles. The zero-order valence-electron chi connectivity index (χ0n) is 22.8. The lowest BCUT2D eigenvalue weighted by molar-refractivity contribution is -0.137. The van der Waals surface area contributed by atoms with Crippen molar-refractivity contribution >= 4 is 23.4 Å². The van der Waals surface area contributed by atoms with Crippen molar-refractivity contribution in [3.63, 3.8) is 0 Å². The molecule has 7 nitrogen and oxygen atoms in total. The van der Waals surface area contributed by atoms with Crippen molar-refractivity contribution in [1.29, 1.82) is 0 Å². The van der Waals surface area contributed by atoms with Crippen LogP contribution in [0.5, 0.6) is 5.75 Å². The van der Waals surface area contributed by atoms with Crippen LogP contribution in [-0.4, -0.2) is 55.8 Å². The van der Waals surface area contributed by atoms with Crippen LogP contribution in [0.15, 0.2) is 66.7 Å². The summed E-state index contributed by atoms with van der Waals surface area (Å²) >= 11 is 0. The topological polar surface area (TPSA) is 71.1 Å². The van der Waals surface area contributed by atoms with Crippen molar-refractivity contribution in [1.82, 2.24) is 4.90 Å². The van der Waals surface area contributed by atoms with E-state index < -0.39 is 23.2 Å². The molecule has 1 aliphatic heterocycles. The lowest BCUT2D eigenvalue weighted by Crippen LogP contribution is -2.50. The molecule has 0 atom stereocenters. The van der Waals surface area contributed by atoms with E-state index in [1.165, 1.54) is 19.2 Å². The molecule has 0 aromatic heterocycles. The molecule has 2 amide bonds. The predicted molar refractivity (Wildman–Crippen MR) is 148 cm³/mol. The quantitative estimate of drug-likeness (QED) is 0.380. The molecule has 1 fully saturated rings. The Bertz CT molecular complexity index is 1340. The highest BCUT2D eigenvalue weighted by Gasteiger charge is 2.30. The third-order valence-corrected chi connectivity index (χ3v) is 6.42. The minimum Gasteiger partial charge on any atom is -0.497 e. The summed E-state index contributed by atoms with van der Waals surface area (Å²) in [6.45, 7) is 7.89. The van der Waals surface area contributed by atoms with Crippen molar-refractivity contribution in [3.8, 4) is 16.9 Å². The first kappa shape index (κ1) is 28.8. The molecular formula is C30H32F3N3O4. The van der Waals surface area contributed by atoms with E-state index in [0.717, 1.165) is 17.8 Å². The lowest BCUT2D eigenvalue weighted by atomic mass is 9.97. The summed E-state index contributed by atoms with van der Waals surface area (Å²) in [5.41, 5.74) is 1.41. The third-order valence-electron chi connectivity index (χ3n) is 6.42. The van der Waals surface area contributed by atoms with E-state index in [1.807, 2.05) is 32.9 Å². The Kier molecular flexibility index (Phi) is 8.27. The number of nitrogens with zero attached hydrogens (tertiary/aromatic N) is 2. The first-order chi connectivity index (χ1) is 18.8. The fourth-order valence-electron chi connectivity index (χ4n) is 4.35. The van der Waals surface area contributed by atoms with Gasteiger partial charge in [-0.3, -0.25) is 4.79 Å². The molecule has 1 N–H and O–H groups in total. The molecule has 0 bridgehead atoms. The second-order valence-corrected chi connectivity index (χ2v) is 10.4. The molecule has 0 radical (unpaired) electrons. The monoisotopic (exact) mass is 555 g/mol. The van der Waals surface area contributed by atoms with Gasteiger partial charge in [0.05, 0.1) is 12.7 Å². The van der Waals surface area contributed by atoms with Crippen molar-refractivity contribution < 1.29 is 32.2 Å². The average molecular weight is 556 g/mol. The Hall–Kier alpha value is -4.21. The highest BCUT2D eigenvalue weighted by atomic mass is 19.4. The lowest BCUT2D eigenvalue weighted by Gasteiger charge is -2.36. The van der Waals surface area contributed by atoms with Crippen LogP contribution >= 0.6 is 0 Å². The number of alkyl halides is 3. The Labute approximate surface area is 231 Å². The van der Waals surface area contributed by atoms with Gasteiger partial charge in [-0.15, -0.1) is 0 Å². The Morgan fingerprint density at radius 3 is 2.02 bits per heavy atom. The van der Waals surface area contributed by atoms with E-state index in [2.05, 4.69) is 10.2 Å². The van der Waals surface area contributed by atoms with Crippen LogP contribution in [-0.2, 0) is 10.9 Å². The molecule has 1 heterocycles. The number of anilines is 2. The average Bonchev–Trinajstić information content (AvgIpc) is 2.92. The van der Waals surface area contributed by atoms with Gasteiger partial charge in [0.15, 0.2) is 0 Å². The molecule has 10 heteroatoms. The van der Waals surface area contributed by atoms with Gasteiger partial charge in [0.25, 0.3) is 5.91 Å². The molecule has 3 aromatic rings. The van der Waals surface area contributed by atoms with Gasteiger partial charge in [0, 0.05) is 43.1 Å². The number of amides is 2. The van der Waals surface area contributed by atoms with E-state index >= 15 is 0 Å². The van der Waals surface area contributed by atoms with Crippen LogP contribution in [0.2, 0.25) is 0 Å². The first-order valence-electron chi connectivity index (χ1n) is 12.8. The van der Waals surface area contributed by atoms with E-state index in [0.29, 0.717) is 54.3 Å². The van der Waals surface area contributed by atoms with Gasteiger partial charge < -0.3 is 24.6 Å². The number of halogens is 3. The van der Waals surface area contributed by atoms with E-state index in [-0.39, 0.29) is 6.09 Å². The van der Waals surface area contributed by atoms with Crippen LogP contribution in [0.4, 0.5) is 29.3 Å². The van der Waals surface area contributed by atoms with Gasteiger partial charge >= 0.3 is 12.3 Å². The molecule has 212 valence electrons. The Balaban J connectivity index is 1.44. The van der Waals surface area contributed by atoms with Crippen LogP contribution < -0.4 is 15.0 Å². The van der Waals surface area contributed by atoms with Gasteiger partial charge in [0.2, 0.25) is 0 Å². The first-order valence-corrected chi connectivity index (χ1v) is 12.8. The van der Waals surface area contributed by atoms with E-state index in [9.17, 15) is 22.8 Å². The van der Waals surface area contributed by atoms with Crippen LogP contribution in [0.1, 0.15) is 36.7 Å². The molecule has 1 aliphatic rings. The van der Waals surface area contributed by atoms with Crippen molar-refractivity contribution in [2.24, 2.45) is 0 Å². The Morgan fingerprint density at radius 2 is 1.48 bits per heavy atom. The Morgan fingerprint density at radius 1 is 0.850 bits per heavy atom. The largest absolute Gasteiger partial charge is 0.497 e. The fraction of sp³-hybridized carbons (Fsp3) is 0.333. The summed E-state index contributed by atoms with van der Waals surface area (Å²) in [7, 11) is 1.48. The van der Waals surface area contributed by atoms with Crippen LogP contribution in [0.25, 0.3) is 11.1 Å². The van der Waals surface area contributed by atoms with Crippen LogP contribution in [0.3, 0.4) is 0 Å². The van der Waals surface area contributed by atoms with Gasteiger partial charge in [0.1, 0.15) is 11.4 Å². The predicted octanol–water partition coefficient (Wildman–Crippen LogP) is 6.69.